The summed E-state index contributed by atoms with van der Waals surface area (Å²) in [5, 5.41) is 12.4. The van der Waals surface area contributed by atoms with Crippen LogP contribution in [-0.2, 0) is 11.2 Å². The van der Waals surface area contributed by atoms with E-state index in [4.69, 9.17) is 5.73 Å². The van der Waals surface area contributed by atoms with E-state index in [9.17, 15) is 10.1 Å². The number of nitrogens with one attached hydrogen (secondary N) is 2. The molecule has 32 heavy (non-hydrogen) atoms. The first kappa shape index (κ1) is 21.8. The Kier molecular flexibility index (Phi) is 6.98. The number of rotatable bonds is 7. The molecule has 0 unspecified atom stereocenters. The summed E-state index contributed by atoms with van der Waals surface area (Å²) in [6.45, 7) is 0.702. The molecular weight excluding hydrogens is 398 g/mol. The number of aromatic nitrogens is 2. The van der Waals surface area contributed by atoms with Gasteiger partial charge in [0, 0.05) is 11.5 Å². The van der Waals surface area contributed by atoms with Gasteiger partial charge in [-0.05, 0) is 62.3 Å². The molecule has 1 aliphatic rings. The molecule has 6 nitrogen and oxygen atoms in total. The molecule has 4 N–H and O–H groups in total. The lowest BCUT2D eigenvalue weighted by atomic mass is 9.81. The van der Waals surface area contributed by atoms with Gasteiger partial charge in [0.15, 0.2) is 0 Å². The largest absolute Gasteiger partial charge is 0.346 e. The predicted octanol–water partition coefficient (Wildman–Crippen LogP) is 4.11. The highest BCUT2D eigenvalue weighted by atomic mass is 16.1. The van der Waals surface area contributed by atoms with E-state index in [1.165, 1.54) is 0 Å². The minimum absolute atomic E-state index is 0.0258. The number of nitrogens with zero attached hydrogens (tertiary/aromatic N) is 2. The van der Waals surface area contributed by atoms with E-state index in [0.717, 1.165) is 48.3 Å². The summed E-state index contributed by atoms with van der Waals surface area (Å²) in [5.74, 6) is 1.37. The molecule has 1 aromatic heterocycles. The highest BCUT2D eigenvalue weighted by Gasteiger charge is 2.28. The second-order valence-corrected chi connectivity index (χ2v) is 8.58. The van der Waals surface area contributed by atoms with Crippen LogP contribution in [0.1, 0.15) is 48.7 Å². The van der Waals surface area contributed by atoms with Gasteiger partial charge < -0.3 is 16.0 Å². The fourth-order valence-electron chi connectivity index (χ4n) is 4.43. The average molecular weight is 428 g/mol. The number of hydrogen-bond acceptors (Lipinski definition) is 4. The fraction of sp³-hybridized carbons (Fsp3) is 0.346. The molecule has 0 radical (unpaired) electrons. The van der Waals surface area contributed by atoms with Crippen LogP contribution in [0.3, 0.4) is 0 Å². The van der Waals surface area contributed by atoms with Crippen molar-refractivity contribution >= 4 is 5.91 Å². The van der Waals surface area contributed by atoms with Crippen molar-refractivity contribution in [2.24, 2.45) is 17.6 Å². The molecule has 164 valence electrons. The molecule has 1 atom stereocenters. The van der Waals surface area contributed by atoms with E-state index in [-0.39, 0.29) is 17.9 Å². The first-order valence-corrected chi connectivity index (χ1v) is 11.3. The van der Waals surface area contributed by atoms with Crippen LogP contribution in [0.25, 0.3) is 11.3 Å². The third kappa shape index (κ3) is 5.24. The Balaban J connectivity index is 1.54. The number of benzene rings is 2. The van der Waals surface area contributed by atoms with E-state index in [1.54, 1.807) is 12.3 Å². The maximum absolute atomic E-state index is 13.1. The summed E-state index contributed by atoms with van der Waals surface area (Å²) < 4.78 is 0. The number of carbonyl (C=O) groups excluding carboxylic acids is 1. The molecule has 1 fully saturated rings. The van der Waals surface area contributed by atoms with Gasteiger partial charge in [0.2, 0.25) is 5.91 Å². The molecule has 0 saturated heterocycles. The molecule has 6 heteroatoms. The van der Waals surface area contributed by atoms with Gasteiger partial charge in [0.05, 0.1) is 29.6 Å². The number of H-pyrrole nitrogens is 1. The SMILES string of the molecule is N#Cc1cccc(-c2cnc([C@H](Cc3ccccc3)NC(=O)C3CCC(CN)CC3)[nH]2)c1. The van der Waals surface area contributed by atoms with Gasteiger partial charge >= 0.3 is 0 Å². The van der Waals surface area contributed by atoms with Crippen LogP contribution in [-0.4, -0.2) is 22.4 Å². The van der Waals surface area contributed by atoms with Crippen molar-refractivity contribution in [3.05, 3.63) is 77.7 Å². The fourth-order valence-corrected chi connectivity index (χ4v) is 4.43. The molecule has 0 aliphatic heterocycles. The van der Waals surface area contributed by atoms with Crippen molar-refractivity contribution in [2.75, 3.05) is 6.54 Å². The van der Waals surface area contributed by atoms with Crippen molar-refractivity contribution in [2.45, 2.75) is 38.1 Å². The van der Waals surface area contributed by atoms with Gasteiger partial charge in [0.1, 0.15) is 5.82 Å². The normalized spacial score (nSPS) is 19.1. The van der Waals surface area contributed by atoms with E-state index in [0.29, 0.717) is 24.4 Å². The zero-order valence-corrected chi connectivity index (χ0v) is 18.1. The molecule has 2 aromatic carbocycles. The van der Waals surface area contributed by atoms with Crippen LogP contribution in [0.4, 0.5) is 0 Å². The molecular formula is C26H29N5O. The predicted molar refractivity (Wildman–Crippen MR) is 124 cm³/mol. The molecule has 1 saturated carbocycles. The number of nitriles is 1. The quantitative estimate of drug-likeness (QED) is 0.527. The lowest BCUT2D eigenvalue weighted by Gasteiger charge is -2.28. The van der Waals surface area contributed by atoms with E-state index < -0.39 is 0 Å². The minimum Gasteiger partial charge on any atom is -0.346 e. The number of amides is 1. The first-order valence-electron chi connectivity index (χ1n) is 11.3. The number of imidazole rings is 1. The molecule has 1 heterocycles. The van der Waals surface area contributed by atoms with Gasteiger partial charge in [-0.25, -0.2) is 4.98 Å². The average Bonchev–Trinajstić information content (AvgIpc) is 3.35. The molecule has 4 rings (SSSR count). The van der Waals surface area contributed by atoms with Crippen molar-refractivity contribution in [1.82, 2.24) is 15.3 Å². The molecule has 1 amide bonds. The smallest absolute Gasteiger partial charge is 0.223 e. The maximum atomic E-state index is 13.1. The lowest BCUT2D eigenvalue weighted by molar-refractivity contribution is -0.127. The van der Waals surface area contributed by atoms with Crippen molar-refractivity contribution in [1.29, 1.82) is 5.26 Å². The number of nitrogens with two attached hydrogens (primary N) is 1. The van der Waals surface area contributed by atoms with Crippen LogP contribution < -0.4 is 11.1 Å². The summed E-state index contributed by atoms with van der Waals surface area (Å²) in [7, 11) is 0. The number of hydrogen-bond donors (Lipinski definition) is 3. The zero-order chi connectivity index (χ0) is 22.3. The summed E-state index contributed by atoms with van der Waals surface area (Å²) >= 11 is 0. The van der Waals surface area contributed by atoms with Crippen molar-refractivity contribution in [3.63, 3.8) is 0 Å². The van der Waals surface area contributed by atoms with Crippen LogP contribution in [0.15, 0.2) is 60.8 Å². The second-order valence-electron chi connectivity index (χ2n) is 8.58. The third-order valence-electron chi connectivity index (χ3n) is 6.38. The lowest BCUT2D eigenvalue weighted by Crippen LogP contribution is -2.37. The Bertz CT molecular complexity index is 1080. The Labute approximate surface area is 188 Å². The maximum Gasteiger partial charge on any atom is 0.223 e. The van der Waals surface area contributed by atoms with E-state index in [2.05, 4.69) is 33.5 Å². The summed E-state index contributed by atoms with van der Waals surface area (Å²) in [6, 6.07) is 19.4. The topological polar surface area (TPSA) is 108 Å². The second kappa shape index (κ2) is 10.3. The standard InChI is InChI=1S/C26H29N5O/c27-15-19-9-11-21(12-10-19)26(32)31-23(14-18-5-2-1-3-6-18)25-29-17-24(30-25)22-8-4-7-20(13-22)16-28/h1-8,13,17,19,21,23H,9-12,14-15,27H2,(H,29,30)(H,31,32)/t19?,21?,23-/m0/s1. The molecule has 0 bridgehead atoms. The van der Waals surface area contributed by atoms with Gasteiger partial charge in [-0.1, -0.05) is 42.5 Å². The minimum atomic E-state index is -0.259. The summed E-state index contributed by atoms with van der Waals surface area (Å²) in [5.41, 5.74) is 9.26. The van der Waals surface area contributed by atoms with Crippen molar-refractivity contribution in [3.8, 4) is 17.3 Å². The van der Waals surface area contributed by atoms with Crippen LogP contribution in [0.2, 0.25) is 0 Å². The van der Waals surface area contributed by atoms with Gasteiger partial charge in [-0.2, -0.15) is 5.26 Å². The van der Waals surface area contributed by atoms with Gasteiger partial charge in [-0.3, -0.25) is 4.79 Å². The summed E-state index contributed by atoms with van der Waals surface area (Å²) in [4.78, 5) is 21.1. The Hall–Kier alpha value is -3.43. The summed E-state index contributed by atoms with van der Waals surface area (Å²) in [6.07, 6.45) is 6.21. The van der Waals surface area contributed by atoms with Crippen LogP contribution >= 0.6 is 0 Å². The Morgan fingerprint density at radius 2 is 1.94 bits per heavy atom. The van der Waals surface area contributed by atoms with Crippen LogP contribution in [0, 0.1) is 23.2 Å². The molecule has 0 spiro atoms. The molecule has 1 aliphatic carbocycles. The highest BCUT2D eigenvalue weighted by molar-refractivity contribution is 5.79. The van der Waals surface area contributed by atoms with E-state index in [1.807, 2.05) is 36.4 Å². The molecule has 3 aromatic rings. The zero-order valence-electron chi connectivity index (χ0n) is 18.1. The number of aromatic amines is 1. The van der Waals surface area contributed by atoms with Crippen molar-refractivity contribution < 1.29 is 4.79 Å². The first-order chi connectivity index (χ1) is 15.7. The van der Waals surface area contributed by atoms with Crippen LogP contribution in [0.5, 0.6) is 0 Å². The number of carbonyl (C=O) groups is 1. The van der Waals surface area contributed by atoms with Gasteiger partial charge in [-0.15, -0.1) is 0 Å². The third-order valence-corrected chi connectivity index (χ3v) is 6.38. The highest BCUT2D eigenvalue weighted by Crippen LogP contribution is 2.29. The Morgan fingerprint density at radius 1 is 1.16 bits per heavy atom. The monoisotopic (exact) mass is 427 g/mol. The van der Waals surface area contributed by atoms with Gasteiger partial charge in [0.25, 0.3) is 0 Å². The Morgan fingerprint density at radius 3 is 2.66 bits per heavy atom. The van der Waals surface area contributed by atoms with E-state index >= 15 is 0 Å².